The standard InChI is InChI=1S/C14H9FN4O2S/c15-7-3-1-6(2-4-7)9-8(5-16)11(17)21-13-10(9)12(20)18-14(22)19-13/h1-4,9H,17H2,(H2,18,19,20,22)/t9-/m0/s1. The highest BCUT2D eigenvalue weighted by molar-refractivity contribution is 7.71. The SMILES string of the molecule is N#CC1=C(N)Oc2[nH]c(=S)[nH]c(=O)c2[C@H]1c1ccc(F)cc1. The van der Waals surface area contributed by atoms with Gasteiger partial charge < -0.3 is 15.5 Å². The van der Waals surface area contributed by atoms with Gasteiger partial charge in [0.1, 0.15) is 17.5 Å². The average Bonchev–Trinajstić information content (AvgIpc) is 2.46. The lowest BCUT2D eigenvalue weighted by Gasteiger charge is -2.24. The predicted octanol–water partition coefficient (Wildman–Crippen LogP) is 1.79. The van der Waals surface area contributed by atoms with Crippen LogP contribution in [0.15, 0.2) is 40.5 Å². The van der Waals surface area contributed by atoms with E-state index >= 15 is 0 Å². The van der Waals surface area contributed by atoms with Gasteiger partial charge in [0.05, 0.1) is 11.5 Å². The number of hydrogen-bond acceptors (Lipinski definition) is 5. The van der Waals surface area contributed by atoms with Crippen molar-refractivity contribution in [3.63, 3.8) is 0 Å². The van der Waals surface area contributed by atoms with Crippen molar-refractivity contribution in [1.29, 1.82) is 5.26 Å². The lowest BCUT2D eigenvalue weighted by atomic mass is 9.85. The van der Waals surface area contributed by atoms with Crippen LogP contribution in [0.1, 0.15) is 17.0 Å². The van der Waals surface area contributed by atoms with Gasteiger partial charge in [-0.05, 0) is 29.9 Å². The summed E-state index contributed by atoms with van der Waals surface area (Å²) in [6.45, 7) is 0. The summed E-state index contributed by atoms with van der Waals surface area (Å²) in [7, 11) is 0. The van der Waals surface area contributed by atoms with Gasteiger partial charge in [-0.3, -0.25) is 9.78 Å². The van der Waals surface area contributed by atoms with Gasteiger partial charge in [-0.15, -0.1) is 0 Å². The quantitative estimate of drug-likeness (QED) is 0.695. The molecule has 1 aliphatic rings. The van der Waals surface area contributed by atoms with E-state index in [0.29, 0.717) is 5.56 Å². The van der Waals surface area contributed by atoms with Crippen molar-refractivity contribution < 1.29 is 9.13 Å². The largest absolute Gasteiger partial charge is 0.424 e. The van der Waals surface area contributed by atoms with E-state index in [9.17, 15) is 14.4 Å². The molecule has 0 spiro atoms. The maximum absolute atomic E-state index is 13.1. The van der Waals surface area contributed by atoms with Gasteiger partial charge in [0.25, 0.3) is 5.56 Å². The van der Waals surface area contributed by atoms with E-state index < -0.39 is 17.3 Å². The molecule has 1 aromatic carbocycles. The number of nitrogens with zero attached hydrogens (tertiary/aromatic N) is 1. The van der Waals surface area contributed by atoms with Crippen LogP contribution in [-0.2, 0) is 0 Å². The van der Waals surface area contributed by atoms with E-state index in [1.165, 1.54) is 24.3 Å². The summed E-state index contributed by atoms with van der Waals surface area (Å²) in [6, 6.07) is 7.41. The van der Waals surface area contributed by atoms with Crippen LogP contribution in [-0.4, -0.2) is 9.97 Å². The molecule has 2 heterocycles. The third-order valence-electron chi connectivity index (χ3n) is 3.32. The Balaban J connectivity index is 2.32. The second-order valence-corrected chi connectivity index (χ2v) is 5.04. The highest BCUT2D eigenvalue weighted by atomic mass is 32.1. The normalized spacial score (nSPS) is 16.6. The molecule has 3 rings (SSSR count). The Kier molecular flexibility index (Phi) is 3.27. The minimum atomic E-state index is -0.759. The Bertz CT molecular complexity index is 937. The third kappa shape index (κ3) is 2.17. The Morgan fingerprint density at radius 1 is 1.32 bits per heavy atom. The van der Waals surface area contributed by atoms with Crippen LogP contribution in [0, 0.1) is 21.9 Å². The first kappa shape index (κ1) is 14.0. The molecule has 1 atom stereocenters. The summed E-state index contributed by atoms with van der Waals surface area (Å²) in [4.78, 5) is 17.4. The van der Waals surface area contributed by atoms with Gasteiger partial charge in [0, 0.05) is 0 Å². The van der Waals surface area contributed by atoms with E-state index in [1.807, 2.05) is 6.07 Å². The molecule has 0 unspecified atom stereocenters. The van der Waals surface area contributed by atoms with Crippen molar-refractivity contribution in [2.75, 3.05) is 0 Å². The number of ether oxygens (including phenoxy) is 1. The zero-order valence-corrected chi connectivity index (χ0v) is 11.8. The van der Waals surface area contributed by atoms with Gasteiger partial charge in [0.15, 0.2) is 4.77 Å². The number of nitriles is 1. The molecule has 1 aliphatic heterocycles. The molecule has 22 heavy (non-hydrogen) atoms. The lowest BCUT2D eigenvalue weighted by molar-refractivity contribution is 0.374. The summed E-state index contributed by atoms with van der Waals surface area (Å²) in [5.41, 5.74) is 6.06. The Morgan fingerprint density at radius 3 is 2.64 bits per heavy atom. The zero-order chi connectivity index (χ0) is 15.9. The first-order chi connectivity index (χ1) is 10.5. The van der Waals surface area contributed by atoms with Crippen molar-refractivity contribution in [3.05, 3.63) is 67.8 Å². The molecule has 2 aromatic rings. The van der Waals surface area contributed by atoms with Crippen LogP contribution in [0.3, 0.4) is 0 Å². The molecule has 0 saturated carbocycles. The molecule has 110 valence electrons. The maximum atomic E-state index is 13.1. The second kappa shape index (κ2) is 5.13. The van der Waals surface area contributed by atoms with Crippen LogP contribution in [0.5, 0.6) is 5.88 Å². The van der Waals surface area contributed by atoms with Crippen molar-refractivity contribution >= 4 is 12.2 Å². The summed E-state index contributed by atoms with van der Waals surface area (Å²) in [5, 5.41) is 9.33. The van der Waals surface area contributed by atoms with E-state index in [-0.39, 0.29) is 27.7 Å². The van der Waals surface area contributed by atoms with Crippen LogP contribution in [0.4, 0.5) is 4.39 Å². The highest BCUT2D eigenvalue weighted by Crippen LogP contribution is 2.38. The predicted molar refractivity (Wildman–Crippen MR) is 77.9 cm³/mol. The summed E-state index contributed by atoms with van der Waals surface area (Å²) < 4.78 is 18.5. The number of fused-ring (bicyclic) bond motifs is 1. The molecule has 0 amide bonds. The smallest absolute Gasteiger partial charge is 0.259 e. The number of aromatic amines is 2. The summed E-state index contributed by atoms with van der Waals surface area (Å²) >= 11 is 4.89. The van der Waals surface area contributed by atoms with E-state index in [2.05, 4.69) is 9.97 Å². The van der Waals surface area contributed by atoms with Crippen molar-refractivity contribution in [2.45, 2.75) is 5.92 Å². The minimum absolute atomic E-state index is 0.0785. The number of nitrogens with one attached hydrogen (secondary N) is 2. The molecule has 6 nitrogen and oxygen atoms in total. The molecule has 0 fully saturated rings. The maximum Gasteiger partial charge on any atom is 0.259 e. The number of benzene rings is 1. The fraction of sp³-hybridized carbons (Fsp3) is 0.0714. The molecule has 0 aliphatic carbocycles. The number of allylic oxidation sites excluding steroid dienone is 1. The van der Waals surface area contributed by atoms with Crippen molar-refractivity contribution in [2.24, 2.45) is 5.73 Å². The first-order valence-corrected chi connectivity index (χ1v) is 6.61. The van der Waals surface area contributed by atoms with Gasteiger partial charge in [-0.25, -0.2) is 4.39 Å². The number of hydrogen-bond donors (Lipinski definition) is 3. The van der Waals surface area contributed by atoms with Crippen molar-refractivity contribution in [3.8, 4) is 11.9 Å². The molecule has 0 saturated heterocycles. The van der Waals surface area contributed by atoms with E-state index in [4.69, 9.17) is 22.7 Å². The Labute approximate surface area is 128 Å². The summed E-state index contributed by atoms with van der Waals surface area (Å²) in [6.07, 6.45) is 0. The van der Waals surface area contributed by atoms with Gasteiger partial charge in [-0.2, -0.15) is 5.26 Å². The van der Waals surface area contributed by atoms with Crippen LogP contribution in [0.25, 0.3) is 0 Å². The van der Waals surface area contributed by atoms with E-state index in [0.717, 1.165) is 0 Å². The number of nitrogens with two attached hydrogens (primary N) is 1. The molecule has 1 aromatic heterocycles. The summed E-state index contributed by atoms with van der Waals surface area (Å²) in [5.74, 6) is -1.22. The Hall–Kier alpha value is -2.92. The lowest BCUT2D eigenvalue weighted by Crippen LogP contribution is -2.28. The second-order valence-electron chi connectivity index (χ2n) is 4.63. The third-order valence-corrected chi connectivity index (χ3v) is 3.53. The number of aromatic nitrogens is 2. The van der Waals surface area contributed by atoms with Gasteiger partial charge in [0.2, 0.25) is 11.8 Å². The first-order valence-electron chi connectivity index (χ1n) is 6.21. The molecular formula is C14H9FN4O2S. The molecule has 8 heteroatoms. The Morgan fingerprint density at radius 2 is 2.00 bits per heavy atom. The molecule has 0 bridgehead atoms. The molecule has 4 N–H and O–H groups in total. The monoisotopic (exact) mass is 316 g/mol. The zero-order valence-electron chi connectivity index (χ0n) is 11.0. The number of rotatable bonds is 1. The van der Waals surface area contributed by atoms with Gasteiger partial charge >= 0.3 is 0 Å². The fourth-order valence-corrected chi connectivity index (χ4v) is 2.56. The van der Waals surface area contributed by atoms with Crippen molar-refractivity contribution in [1.82, 2.24) is 9.97 Å². The molecular weight excluding hydrogens is 307 g/mol. The van der Waals surface area contributed by atoms with Crippen LogP contribution < -0.4 is 16.0 Å². The van der Waals surface area contributed by atoms with Crippen LogP contribution in [0.2, 0.25) is 0 Å². The number of H-pyrrole nitrogens is 2. The molecule has 0 radical (unpaired) electrons. The minimum Gasteiger partial charge on any atom is -0.424 e. The highest BCUT2D eigenvalue weighted by Gasteiger charge is 2.33. The fourth-order valence-electron chi connectivity index (χ4n) is 2.38. The van der Waals surface area contributed by atoms with Crippen LogP contribution >= 0.6 is 12.2 Å². The average molecular weight is 316 g/mol. The van der Waals surface area contributed by atoms with E-state index in [1.54, 1.807) is 0 Å². The van der Waals surface area contributed by atoms with Gasteiger partial charge in [-0.1, -0.05) is 12.1 Å². The topological polar surface area (TPSA) is 108 Å². The number of halogens is 1.